The molecule has 0 aromatic heterocycles. The average Bonchev–Trinajstić information content (AvgIpc) is 3.59. The van der Waals surface area contributed by atoms with Crippen molar-refractivity contribution in [3.05, 3.63) is 128 Å². The first-order chi connectivity index (χ1) is 25.4. The molecule has 0 nitrogen and oxygen atoms in total. The van der Waals surface area contributed by atoms with Gasteiger partial charge in [0.05, 0.1) is 0 Å². The number of halogens is 2. The zero-order valence-corrected chi connectivity index (χ0v) is 42.0. The van der Waals surface area contributed by atoms with Crippen molar-refractivity contribution < 1.29 is 45.1 Å². The molecular weight excluding hydrogens is 811 g/mol. The largest absolute Gasteiger partial charge is 1.00 e. The molecular formula is C54H70Cl2Zr. The molecule has 0 radical (unpaired) electrons. The quantitative estimate of drug-likeness (QED) is 0.181. The predicted molar refractivity (Wildman–Crippen MR) is 239 cm³/mol. The minimum absolute atomic E-state index is 0. The molecule has 2 atom stereocenters. The van der Waals surface area contributed by atoms with E-state index in [-0.39, 0.29) is 46.5 Å². The van der Waals surface area contributed by atoms with Crippen LogP contribution in [0.25, 0.3) is 34.4 Å². The summed E-state index contributed by atoms with van der Waals surface area (Å²) in [5, 5.41) is 0. The Kier molecular flexibility index (Phi) is 12.6. The van der Waals surface area contributed by atoms with Crippen molar-refractivity contribution in [3.63, 3.8) is 0 Å². The Morgan fingerprint density at radius 1 is 0.456 bits per heavy atom. The minimum Gasteiger partial charge on any atom is -1.00 e. The molecule has 2 aliphatic carbocycles. The molecule has 3 heteroatoms. The Balaban J connectivity index is 0.00000310. The standard InChI is InChI=1S/2C26H33.C2H4.2ClH.Zr/c2*1-17(2)19-12-18-10-9-11-23(24(18)15-19)20-13-21(25(3,4)5)16-22(14-20)26(6,7)8;1-2;;;/h2*9-17H,1-8H3;1-2H2;2*1H;/q;;;;;+2/p-2. The monoisotopic (exact) mass is 878 g/mol. The molecule has 0 spiro atoms. The number of fused-ring (bicyclic) bond motifs is 2. The molecule has 4 aromatic rings. The molecule has 57 heavy (non-hydrogen) atoms. The van der Waals surface area contributed by atoms with E-state index in [1.807, 2.05) is 0 Å². The van der Waals surface area contributed by atoms with Gasteiger partial charge in [-0.25, -0.2) is 0 Å². The van der Waals surface area contributed by atoms with Crippen LogP contribution in [0.3, 0.4) is 0 Å². The van der Waals surface area contributed by atoms with Gasteiger partial charge in [0.15, 0.2) is 0 Å². The Hall–Kier alpha value is -2.18. The van der Waals surface area contributed by atoms with E-state index in [4.69, 9.17) is 0 Å². The smallest absolute Gasteiger partial charge is 1.00 e. The normalized spacial score (nSPS) is 18.2. The number of hydrogen-bond acceptors (Lipinski definition) is 0. The van der Waals surface area contributed by atoms with E-state index >= 15 is 0 Å². The number of benzene rings is 4. The summed E-state index contributed by atoms with van der Waals surface area (Å²) in [7, 11) is 0. The Morgan fingerprint density at radius 2 is 0.754 bits per heavy atom. The fourth-order valence-corrected chi connectivity index (χ4v) is 28.0. The maximum absolute atomic E-state index is 2.95. The van der Waals surface area contributed by atoms with Crippen LogP contribution in [0, 0.1) is 11.8 Å². The van der Waals surface area contributed by atoms with Gasteiger partial charge in [0.25, 0.3) is 0 Å². The van der Waals surface area contributed by atoms with Crippen LogP contribution in [0.5, 0.6) is 0 Å². The van der Waals surface area contributed by atoms with Gasteiger partial charge in [0.1, 0.15) is 0 Å². The topological polar surface area (TPSA) is 0 Å². The second kappa shape index (κ2) is 15.7. The summed E-state index contributed by atoms with van der Waals surface area (Å²) < 4.78 is 4.20. The summed E-state index contributed by atoms with van der Waals surface area (Å²) in [4.78, 5) is 0. The third kappa shape index (κ3) is 8.45. The molecule has 1 heterocycles. The van der Waals surface area contributed by atoms with Crippen LogP contribution in [0.15, 0.2) is 83.9 Å². The van der Waals surface area contributed by atoms with Crippen molar-refractivity contribution in [2.75, 3.05) is 0 Å². The van der Waals surface area contributed by atoms with E-state index in [0.717, 1.165) is 0 Å². The summed E-state index contributed by atoms with van der Waals surface area (Å²) in [6, 6.07) is 29.7. The molecule has 4 aromatic carbocycles. The first-order valence-corrected chi connectivity index (χ1v) is 27.7. The summed E-state index contributed by atoms with van der Waals surface area (Å²) in [5.74, 6) is 1.06. The van der Waals surface area contributed by atoms with Crippen molar-refractivity contribution >= 4 is 12.2 Å². The molecule has 3 aliphatic rings. The van der Waals surface area contributed by atoms with E-state index in [0.29, 0.717) is 19.1 Å². The van der Waals surface area contributed by atoms with Gasteiger partial charge in [-0.05, 0) is 0 Å². The summed E-state index contributed by atoms with van der Waals surface area (Å²) >= 11 is -2.95. The second-order valence-electron chi connectivity index (χ2n) is 22.4. The van der Waals surface area contributed by atoms with Crippen molar-refractivity contribution in [2.45, 2.75) is 148 Å². The van der Waals surface area contributed by atoms with Gasteiger partial charge < -0.3 is 24.8 Å². The van der Waals surface area contributed by atoms with Crippen LogP contribution in [0.4, 0.5) is 0 Å². The van der Waals surface area contributed by atoms with Crippen molar-refractivity contribution in [2.24, 2.45) is 11.8 Å². The van der Waals surface area contributed by atoms with E-state index in [1.165, 1.54) is 63.9 Å². The predicted octanol–water partition coefficient (Wildman–Crippen LogP) is 10.1. The zero-order valence-electron chi connectivity index (χ0n) is 38.1. The maximum atomic E-state index is 2.69. The Labute approximate surface area is 365 Å². The van der Waals surface area contributed by atoms with Gasteiger partial charge >= 0.3 is 343 Å². The zero-order chi connectivity index (χ0) is 40.2. The maximum Gasteiger partial charge on any atom is -1.00 e. The minimum atomic E-state index is -2.95. The summed E-state index contributed by atoms with van der Waals surface area (Å²) in [5.41, 5.74) is 21.5. The number of rotatable bonds is 6. The van der Waals surface area contributed by atoms with Crippen LogP contribution in [0.2, 0.25) is 8.26 Å². The van der Waals surface area contributed by atoms with E-state index in [1.54, 1.807) is 22.3 Å². The molecule has 0 N–H and O–H groups in total. The number of allylic oxidation sites excluding steroid dienone is 2. The Bertz CT molecular complexity index is 1990. The Morgan fingerprint density at radius 3 is 1.00 bits per heavy atom. The van der Waals surface area contributed by atoms with E-state index in [9.17, 15) is 0 Å². The van der Waals surface area contributed by atoms with Gasteiger partial charge in [-0.1, -0.05) is 0 Å². The van der Waals surface area contributed by atoms with Crippen LogP contribution in [0.1, 0.15) is 163 Å². The van der Waals surface area contributed by atoms with Crippen LogP contribution in [-0.2, 0) is 41.9 Å². The van der Waals surface area contributed by atoms with Crippen LogP contribution < -0.4 is 24.8 Å². The molecule has 1 aliphatic heterocycles. The van der Waals surface area contributed by atoms with Crippen molar-refractivity contribution in [1.82, 2.24) is 0 Å². The van der Waals surface area contributed by atoms with Gasteiger partial charge in [-0.3, -0.25) is 0 Å². The second-order valence-corrected chi connectivity index (χ2v) is 33.8. The molecule has 2 unspecified atom stereocenters. The van der Waals surface area contributed by atoms with Crippen LogP contribution >= 0.6 is 0 Å². The van der Waals surface area contributed by atoms with Gasteiger partial charge in [0.2, 0.25) is 0 Å². The van der Waals surface area contributed by atoms with Gasteiger partial charge in [0, 0.05) is 0 Å². The summed E-state index contributed by atoms with van der Waals surface area (Å²) in [6.45, 7) is 38.2. The first-order valence-electron chi connectivity index (χ1n) is 21.4. The third-order valence-electron chi connectivity index (χ3n) is 13.5. The molecule has 1 fully saturated rings. The van der Waals surface area contributed by atoms with Crippen molar-refractivity contribution in [3.8, 4) is 22.3 Å². The fourth-order valence-electron chi connectivity index (χ4n) is 9.82. The third-order valence-corrected chi connectivity index (χ3v) is 26.3. The molecule has 0 saturated carbocycles. The SMILES string of the molecule is CC(C)C1=Cc2c(-c3cc(C(C)(C)C)cc(C(C)(C)C)c3)cccc2[CH]1[Zr+2]1([CH]2C(C(C)C)=Cc3c(-c4cc(C(C)(C)C)cc(C(C)(C)C)c4)cccc32)[CH2][CH2]1.[Cl-].[Cl-]. The number of hydrogen-bond donors (Lipinski definition) is 0. The summed E-state index contributed by atoms with van der Waals surface area (Å²) in [6.07, 6.45) is 5.38. The average molecular weight is 881 g/mol. The van der Waals surface area contributed by atoms with Gasteiger partial charge in [-0.15, -0.1) is 0 Å². The first kappa shape index (κ1) is 45.9. The molecule has 7 rings (SSSR count). The van der Waals surface area contributed by atoms with Crippen molar-refractivity contribution in [1.29, 1.82) is 0 Å². The molecule has 0 amide bonds. The molecule has 0 bridgehead atoms. The molecule has 304 valence electrons. The molecule has 1 saturated heterocycles. The van der Waals surface area contributed by atoms with Crippen LogP contribution in [-0.4, -0.2) is 0 Å². The van der Waals surface area contributed by atoms with E-state index in [2.05, 4.69) is 196 Å². The fraction of sp³-hybridized carbons (Fsp3) is 0.481. The van der Waals surface area contributed by atoms with E-state index < -0.39 is 20.3 Å². The van der Waals surface area contributed by atoms with Gasteiger partial charge in [-0.2, -0.15) is 0 Å².